The topological polar surface area (TPSA) is 73.3 Å². The van der Waals surface area contributed by atoms with E-state index in [0.29, 0.717) is 12.2 Å². The van der Waals surface area contributed by atoms with Crippen molar-refractivity contribution in [1.29, 1.82) is 0 Å². The minimum atomic E-state index is -0.0873. The highest BCUT2D eigenvalue weighted by molar-refractivity contribution is 5.94. The van der Waals surface area contributed by atoms with E-state index in [4.69, 9.17) is 9.47 Å². The van der Waals surface area contributed by atoms with E-state index in [1.54, 1.807) is 6.07 Å². The summed E-state index contributed by atoms with van der Waals surface area (Å²) in [5, 5.41) is 10.6. The van der Waals surface area contributed by atoms with Gasteiger partial charge in [0.2, 0.25) is 0 Å². The molecule has 0 unspecified atom stereocenters. The summed E-state index contributed by atoms with van der Waals surface area (Å²) in [6, 6.07) is 1.83. The van der Waals surface area contributed by atoms with Crippen molar-refractivity contribution < 1.29 is 14.3 Å². The molecule has 21 heavy (non-hydrogen) atoms. The van der Waals surface area contributed by atoms with Crippen LogP contribution in [0.25, 0.3) is 0 Å². The predicted molar refractivity (Wildman–Crippen MR) is 75.8 cm³/mol. The second-order valence-electron chi connectivity index (χ2n) is 5.68. The zero-order valence-electron chi connectivity index (χ0n) is 12.2. The third kappa shape index (κ3) is 2.65. The van der Waals surface area contributed by atoms with Crippen LogP contribution < -0.4 is 5.32 Å². The first kappa shape index (κ1) is 14.4. The number of carbonyl (C=O) groups excluding carboxylic acids is 1. The van der Waals surface area contributed by atoms with Gasteiger partial charge in [0.25, 0.3) is 5.91 Å². The molecule has 1 N–H and O–H groups in total. The SMILES string of the molecule is CCO[C@@H]1C[C@@H](NC(=O)c2ccnnc2)C12CCOCC2. The van der Waals surface area contributed by atoms with Crippen LogP contribution in [-0.2, 0) is 9.47 Å². The van der Waals surface area contributed by atoms with Gasteiger partial charge < -0.3 is 14.8 Å². The molecule has 1 aromatic rings. The van der Waals surface area contributed by atoms with E-state index in [-0.39, 0.29) is 23.5 Å². The van der Waals surface area contributed by atoms with E-state index in [2.05, 4.69) is 15.5 Å². The van der Waals surface area contributed by atoms with Crippen molar-refractivity contribution in [3.8, 4) is 0 Å². The van der Waals surface area contributed by atoms with Crippen LogP contribution in [0.1, 0.15) is 36.5 Å². The van der Waals surface area contributed by atoms with Gasteiger partial charge in [-0.2, -0.15) is 10.2 Å². The fraction of sp³-hybridized carbons (Fsp3) is 0.667. The minimum Gasteiger partial charge on any atom is -0.381 e. The molecule has 1 spiro atoms. The van der Waals surface area contributed by atoms with Crippen LogP contribution in [-0.4, -0.2) is 48.1 Å². The standard InChI is InChI=1S/C15H21N3O3/c1-2-21-13-9-12(15(13)4-7-20-8-5-15)18-14(19)11-3-6-16-17-10-11/h3,6,10,12-13H,2,4-5,7-9H2,1H3,(H,18,19)/t12-,13-/m1/s1. The van der Waals surface area contributed by atoms with Crippen LogP contribution in [0.5, 0.6) is 0 Å². The number of carbonyl (C=O) groups is 1. The molecule has 1 aromatic heterocycles. The van der Waals surface area contributed by atoms with Crippen molar-refractivity contribution >= 4 is 5.91 Å². The second-order valence-corrected chi connectivity index (χ2v) is 5.68. The first-order valence-corrected chi connectivity index (χ1v) is 7.53. The molecule has 2 aliphatic rings. The smallest absolute Gasteiger partial charge is 0.253 e. The molecule has 0 aromatic carbocycles. The number of ether oxygens (including phenoxy) is 2. The maximum absolute atomic E-state index is 12.3. The Kier molecular flexibility index (Phi) is 4.17. The lowest BCUT2D eigenvalue weighted by Gasteiger charge is -2.57. The Bertz CT molecular complexity index is 488. The lowest BCUT2D eigenvalue weighted by molar-refractivity contribution is -0.170. The van der Waals surface area contributed by atoms with E-state index in [1.807, 2.05) is 6.92 Å². The molecule has 1 aliphatic heterocycles. The normalized spacial score (nSPS) is 27.1. The molecule has 6 heteroatoms. The first-order valence-electron chi connectivity index (χ1n) is 7.53. The summed E-state index contributed by atoms with van der Waals surface area (Å²) in [6.07, 6.45) is 6.01. The zero-order valence-corrected chi connectivity index (χ0v) is 12.2. The molecule has 114 valence electrons. The highest BCUT2D eigenvalue weighted by Gasteiger charge is 2.56. The van der Waals surface area contributed by atoms with Gasteiger partial charge >= 0.3 is 0 Å². The van der Waals surface area contributed by atoms with Crippen molar-refractivity contribution in [3.63, 3.8) is 0 Å². The van der Waals surface area contributed by atoms with Gasteiger partial charge in [-0.1, -0.05) is 0 Å². The lowest BCUT2D eigenvalue weighted by Crippen LogP contribution is -2.66. The summed E-state index contributed by atoms with van der Waals surface area (Å²) in [5.41, 5.74) is 0.580. The summed E-state index contributed by atoms with van der Waals surface area (Å²) < 4.78 is 11.3. The van der Waals surface area contributed by atoms with Gasteiger partial charge in [-0.25, -0.2) is 0 Å². The van der Waals surface area contributed by atoms with Crippen LogP contribution in [0.15, 0.2) is 18.5 Å². The molecule has 1 aliphatic carbocycles. The van der Waals surface area contributed by atoms with Crippen LogP contribution >= 0.6 is 0 Å². The fourth-order valence-corrected chi connectivity index (χ4v) is 3.47. The highest BCUT2D eigenvalue weighted by atomic mass is 16.5. The molecule has 0 radical (unpaired) electrons. The molecule has 1 saturated carbocycles. The molecule has 6 nitrogen and oxygen atoms in total. The summed E-state index contributed by atoms with van der Waals surface area (Å²) >= 11 is 0. The molecule has 3 rings (SSSR count). The minimum absolute atomic E-state index is 0.0321. The van der Waals surface area contributed by atoms with Crippen molar-refractivity contribution in [2.75, 3.05) is 19.8 Å². The summed E-state index contributed by atoms with van der Waals surface area (Å²) in [5.74, 6) is -0.0873. The summed E-state index contributed by atoms with van der Waals surface area (Å²) in [4.78, 5) is 12.3. The molecule has 0 bridgehead atoms. The number of aromatic nitrogens is 2. The Morgan fingerprint density at radius 2 is 2.29 bits per heavy atom. The molecule has 1 amide bonds. The number of rotatable bonds is 4. The van der Waals surface area contributed by atoms with Gasteiger partial charge in [-0.3, -0.25) is 4.79 Å². The van der Waals surface area contributed by atoms with E-state index >= 15 is 0 Å². The van der Waals surface area contributed by atoms with E-state index < -0.39 is 0 Å². The average molecular weight is 291 g/mol. The third-order valence-corrected chi connectivity index (χ3v) is 4.73. The Morgan fingerprint density at radius 1 is 1.48 bits per heavy atom. The molecule has 1 saturated heterocycles. The van der Waals surface area contributed by atoms with Gasteiger partial charge in [0.05, 0.1) is 24.1 Å². The van der Waals surface area contributed by atoms with E-state index in [9.17, 15) is 4.79 Å². The highest BCUT2D eigenvalue weighted by Crippen LogP contribution is 2.50. The number of amides is 1. The Labute approximate surface area is 124 Å². The van der Waals surface area contributed by atoms with Crippen LogP contribution in [0.3, 0.4) is 0 Å². The lowest BCUT2D eigenvalue weighted by atomic mass is 9.57. The van der Waals surface area contributed by atoms with Crippen LogP contribution in [0, 0.1) is 5.41 Å². The van der Waals surface area contributed by atoms with E-state index in [1.165, 1.54) is 12.4 Å². The van der Waals surface area contributed by atoms with Crippen LogP contribution in [0.2, 0.25) is 0 Å². The molecule has 2 atom stereocenters. The van der Waals surface area contributed by atoms with Crippen molar-refractivity contribution in [3.05, 3.63) is 24.0 Å². The molecule has 2 heterocycles. The van der Waals surface area contributed by atoms with Crippen molar-refractivity contribution in [2.45, 2.75) is 38.3 Å². The Balaban J connectivity index is 1.69. The van der Waals surface area contributed by atoms with Gasteiger partial charge in [-0.05, 0) is 32.3 Å². The Morgan fingerprint density at radius 3 is 2.95 bits per heavy atom. The van der Waals surface area contributed by atoms with Crippen LogP contribution in [0.4, 0.5) is 0 Å². The fourth-order valence-electron chi connectivity index (χ4n) is 3.47. The third-order valence-electron chi connectivity index (χ3n) is 4.73. The average Bonchev–Trinajstić information content (AvgIpc) is 2.55. The quantitative estimate of drug-likeness (QED) is 0.902. The first-order chi connectivity index (χ1) is 10.3. The maximum Gasteiger partial charge on any atom is 0.253 e. The van der Waals surface area contributed by atoms with E-state index in [0.717, 1.165) is 32.5 Å². The van der Waals surface area contributed by atoms with Gasteiger partial charge in [-0.15, -0.1) is 0 Å². The zero-order chi connectivity index (χ0) is 14.7. The monoisotopic (exact) mass is 291 g/mol. The number of hydrogen-bond acceptors (Lipinski definition) is 5. The van der Waals surface area contributed by atoms with Gasteiger partial charge in [0, 0.05) is 31.3 Å². The number of hydrogen-bond donors (Lipinski definition) is 1. The largest absolute Gasteiger partial charge is 0.381 e. The second kappa shape index (κ2) is 6.07. The molecule has 2 fully saturated rings. The molecular weight excluding hydrogens is 270 g/mol. The van der Waals surface area contributed by atoms with Gasteiger partial charge in [0.15, 0.2) is 0 Å². The molecular formula is C15H21N3O3. The Hall–Kier alpha value is -1.53. The summed E-state index contributed by atoms with van der Waals surface area (Å²) in [7, 11) is 0. The van der Waals surface area contributed by atoms with Crippen molar-refractivity contribution in [2.24, 2.45) is 5.41 Å². The summed E-state index contributed by atoms with van der Waals surface area (Å²) in [6.45, 7) is 4.21. The predicted octanol–water partition coefficient (Wildman–Crippen LogP) is 1.18. The van der Waals surface area contributed by atoms with Gasteiger partial charge in [0.1, 0.15) is 0 Å². The maximum atomic E-state index is 12.3. The van der Waals surface area contributed by atoms with Crippen molar-refractivity contribution in [1.82, 2.24) is 15.5 Å². The number of nitrogens with one attached hydrogen (secondary N) is 1. The number of nitrogens with zero attached hydrogens (tertiary/aromatic N) is 2.